The molecular formula is C8H19NOU. The van der Waals surface area contributed by atoms with E-state index >= 15 is 0 Å². The van der Waals surface area contributed by atoms with E-state index in [0.29, 0.717) is 0 Å². The molecule has 66 valence electrons. The smallest absolute Gasteiger partial charge is 0.0594 e. The summed E-state index contributed by atoms with van der Waals surface area (Å²) in [4.78, 5) is 2.39. The second-order valence-corrected chi connectivity index (χ2v) is 2.05. The van der Waals surface area contributed by atoms with Crippen molar-refractivity contribution in [3.05, 3.63) is 0 Å². The van der Waals surface area contributed by atoms with Gasteiger partial charge in [0.15, 0.2) is 0 Å². The van der Waals surface area contributed by atoms with Crippen molar-refractivity contribution in [1.29, 1.82) is 0 Å². The molecule has 0 aromatic heterocycles. The number of rotatable bonds is 1. The van der Waals surface area contributed by atoms with E-state index in [1.54, 1.807) is 0 Å². The van der Waals surface area contributed by atoms with E-state index < -0.39 is 0 Å². The van der Waals surface area contributed by atoms with E-state index in [-0.39, 0.29) is 31.1 Å². The molecule has 0 amide bonds. The minimum Gasteiger partial charge on any atom is -0.379 e. The molecule has 3 heteroatoms. The van der Waals surface area contributed by atoms with Gasteiger partial charge in [-0.15, -0.1) is 0 Å². The summed E-state index contributed by atoms with van der Waals surface area (Å²) in [6.45, 7) is 11.4. The Hall–Kier alpha value is 0.972. The third kappa shape index (κ3) is 7.34. The van der Waals surface area contributed by atoms with Crippen molar-refractivity contribution < 1.29 is 35.9 Å². The minimum atomic E-state index is 0. The van der Waals surface area contributed by atoms with E-state index in [9.17, 15) is 0 Å². The molecule has 1 fully saturated rings. The maximum atomic E-state index is 5.16. The summed E-state index contributed by atoms with van der Waals surface area (Å²) in [5, 5.41) is 0. The molecule has 1 rings (SSSR count). The maximum absolute atomic E-state index is 5.16. The SMILES string of the molecule is CC.CCN1CCOCC1.[U]. The first kappa shape index (κ1) is 14.5. The van der Waals surface area contributed by atoms with Crippen LogP contribution in [0.4, 0.5) is 0 Å². The minimum absolute atomic E-state index is 0. The van der Waals surface area contributed by atoms with Crippen LogP contribution >= 0.6 is 0 Å². The quantitative estimate of drug-likeness (QED) is 0.678. The second kappa shape index (κ2) is 11.0. The zero-order chi connectivity index (χ0) is 7.82. The number of ether oxygens (including phenoxy) is 1. The molecule has 11 heavy (non-hydrogen) atoms. The summed E-state index contributed by atoms with van der Waals surface area (Å²) in [5.41, 5.74) is 0. The van der Waals surface area contributed by atoms with Crippen LogP contribution in [0.25, 0.3) is 0 Å². The van der Waals surface area contributed by atoms with Gasteiger partial charge in [0.25, 0.3) is 0 Å². The molecule has 0 saturated carbocycles. The van der Waals surface area contributed by atoms with Crippen LogP contribution in [0.15, 0.2) is 0 Å². The number of hydrogen-bond donors (Lipinski definition) is 0. The van der Waals surface area contributed by atoms with Gasteiger partial charge in [-0.3, -0.25) is 4.90 Å². The Morgan fingerprint density at radius 3 is 1.91 bits per heavy atom. The Balaban J connectivity index is 0. The largest absolute Gasteiger partial charge is 0.379 e. The number of nitrogens with zero attached hydrogens (tertiary/aromatic N) is 1. The predicted octanol–water partition coefficient (Wildman–Crippen LogP) is 1.36. The van der Waals surface area contributed by atoms with Crippen LogP contribution in [-0.4, -0.2) is 37.7 Å². The van der Waals surface area contributed by atoms with Gasteiger partial charge in [-0.2, -0.15) is 0 Å². The molecule has 0 spiro atoms. The Kier molecular flexibility index (Phi) is 14.5. The molecular weight excluding hydrogens is 364 g/mol. The van der Waals surface area contributed by atoms with Crippen molar-refractivity contribution in [2.24, 2.45) is 0 Å². The van der Waals surface area contributed by atoms with E-state index in [1.165, 1.54) is 6.54 Å². The van der Waals surface area contributed by atoms with Crippen LogP contribution in [0.5, 0.6) is 0 Å². The van der Waals surface area contributed by atoms with Gasteiger partial charge in [-0.1, -0.05) is 20.8 Å². The van der Waals surface area contributed by atoms with Gasteiger partial charge < -0.3 is 4.74 Å². The topological polar surface area (TPSA) is 12.5 Å². The number of morpholine rings is 1. The first-order chi connectivity index (χ1) is 4.93. The van der Waals surface area contributed by atoms with E-state index in [1.807, 2.05) is 13.8 Å². The fourth-order valence-corrected chi connectivity index (χ4v) is 0.917. The Bertz CT molecular complexity index is 65.1. The monoisotopic (exact) mass is 383 g/mol. The van der Waals surface area contributed by atoms with Crippen molar-refractivity contribution in [2.45, 2.75) is 20.8 Å². The van der Waals surface area contributed by atoms with E-state index in [2.05, 4.69) is 11.8 Å². The zero-order valence-electron chi connectivity index (χ0n) is 7.89. The molecule has 0 aromatic rings. The fourth-order valence-electron chi connectivity index (χ4n) is 0.917. The molecule has 0 N–H and O–H groups in total. The summed E-state index contributed by atoms with van der Waals surface area (Å²) in [6.07, 6.45) is 0. The molecule has 1 heterocycles. The predicted molar refractivity (Wildman–Crippen MR) is 44.3 cm³/mol. The molecule has 0 aromatic carbocycles. The first-order valence-electron chi connectivity index (χ1n) is 4.23. The van der Waals surface area contributed by atoms with Gasteiger partial charge in [0, 0.05) is 44.2 Å². The standard InChI is InChI=1S/C6H13NO.C2H6.U/c1-2-7-3-5-8-6-4-7;1-2;/h2-6H2,1H3;1-2H3;. The second-order valence-electron chi connectivity index (χ2n) is 2.05. The number of hydrogen-bond acceptors (Lipinski definition) is 2. The summed E-state index contributed by atoms with van der Waals surface area (Å²) >= 11 is 0. The zero-order valence-corrected chi connectivity index (χ0v) is 12.1. The van der Waals surface area contributed by atoms with Crippen LogP contribution in [0.2, 0.25) is 0 Å². The van der Waals surface area contributed by atoms with Gasteiger partial charge in [-0.25, -0.2) is 0 Å². The van der Waals surface area contributed by atoms with Crippen molar-refractivity contribution >= 4 is 0 Å². The normalized spacial score (nSPS) is 17.7. The Morgan fingerprint density at radius 1 is 1.18 bits per heavy atom. The summed E-state index contributed by atoms with van der Waals surface area (Å²) in [5.74, 6) is 0. The molecule has 2 nitrogen and oxygen atoms in total. The first-order valence-corrected chi connectivity index (χ1v) is 4.23. The molecule has 0 unspecified atom stereocenters. The van der Waals surface area contributed by atoms with Crippen LogP contribution in [-0.2, 0) is 4.74 Å². The van der Waals surface area contributed by atoms with Crippen molar-refractivity contribution in [1.82, 2.24) is 4.90 Å². The molecule has 1 saturated heterocycles. The molecule has 0 atom stereocenters. The van der Waals surface area contributed by atoms with E-state index in [4.69, 9.17) is 4.74 Å². The molecule has 0 bridgehead atoms. The summed E-state index contributed by atoms with van der Waals surface area (Å²) in [7, 11) is 0. The van der Waals surface area contributed by atoms with Gasteiger partial charge >= 0.3 is 0 Å². The van der Waals surface area contributed by atoms with Gasteiger partial charge in [0.2, 0.25) is 0 Å². The van der Waals surface area contributed by atoms with Gasteiger partial charge in [0.05, 0.1) is 13.2 Å². The maximum Gasteiger partial charge on any atom is 0.0594 e. The van der Waals surface area contributed by atoms with E-state index in [0.717, 1.165) is 26.3 Å². The van der Waals surface area contributed by atoms with Crippen molar-refractivity contribution in [3.8, 4) is 0 Å². The van der Waals surface area contributed by atoms with Crippen LogP contribution in [0.1, 0.15) is 20.8 Å². The summed E-state index contributed by atoms with van der Waals surface area (Å²) < 4.78 is 5.16. The molecule has 1 aliphatic rings. The summed E-state index contributed by atoms with van der Waals surface area (Å²) in [6, 6.07) is 0. The Labute approximate surface area is 94.0 Å². The number of likely N-dealkylation sites (N-methyl/N-ethyl adjacent to an activating group) is 1. The average molecular weight is 383 g/mol. The van der Waals surface area contributed by atoms with Crippen LogP contribution < -0.4 is 0 Å². The van der Waals surface area contributed by atoms with Crippen LogP contribution in [0.3, 0.4) is 0 Å². The molecule has 0 radical (unpaired) electrons. The van der Waals surface area contributed by atoms with Crippen molar-refractivity contribution in [3.63, 3.8) is 0 Å². The fraction of sp³-hybridized carbons (Fsp3) is 1.00. The van der Waals surface area contributed by atoms with Gasteiger partial charge in [-0.05, 0) is 6.54 Å². The third-order valence-corrected chi connectivity index (χ3v) is 1.55. The van der Waals surface area contributed by atoms with Crippen molar-refractivity contribution in [2.75, 3.05) is 32.8 Å². The van der Waals surface area contributed by atoms with Crippen LogP contribution in [0, 0.1) is 31.1 Å². The third-order valence-electron chi connectivity index (χ3n) is 1.55. The molecule has 0 aliphatic carbocycles. The molecule has 1 aliphatic heterocycles. The van der Waals surface area contributed by atoms with Gasteiger partial charge in [0.1, 0.15) is 0 Å². The average Bonchev–Trinajstić information content (AvgIpc) is 2.10. The Morgan fingerprint density at radius 2 is 1.64 bits per heavy atom.